The second kappa shape index (κ2) is 14.2. The molecule has 228 valence electrons. The molecule has 3 aromatic rings. The summed E-state index contributed by atoms with van der Waals surface area (Å²) in [6.07, 6.45) is 0.637. The van der Waals surface area contributed by atoms with Crippen LogP contribution in [0.1, 0.15) is 38.3 Å². The Bertz CT molecular complexity index is 1420. The molecule has 0 fully saturated rings. The zero-order valence-corrected chi connectivity index (χ0v) is 25.2. The van der Waals surface area contributed by atoms with Crippen molar-refractivity contribution in [3.8, 4) is 11.1 Å². The fraction of sp³-hybridized carbons (Fsp3) is 0.364. The van der Waals surface area contributed by atoms with Gasteiger partial charge in [0.05, 0.1) is 18.3 Å². The van der Waals surface area contributed by atoms with Crippen LogP contribution in [0, 0.1) is 0 Å². The van der Waals surface area contributed by atoms with Crippen molar-refractivity contribution in [2.45, 2.75) is 57.8 Å². The molecule has 1 aliphatic heterocycles. The SMILES string of the molecule is CNC(=O)Nc1ccccc1-c1ccc(CN2C(=O)[C@H](NC(=O)NCC(C)(C)NC[C@@H](C)O)CCc3ccccc32)cc1. The van der Waals surface area contributed by atoms with Crippen molar-refractivity contribution >= 4 is 29.3 Å². The summed E-state index contributed by atoms with van der Waals surface area (Å²) in [4.78, 5) is 40.4. The molecule has 4 rings (SSSR count). The van der Waals surface area contributed by atoms with Crippen molar-refractivity contribution in [1.29, 1.82) is 0 Å². The number of carbonyl (C=O) groups excluding carboxylic acids is 3. The number of urea groups is 2. The first-order valence-electron chi connectivity index (χ1n) is 14.6. The zero-order valence-electron chi connectivity index (χ0n) is 25.2. The second-order valence-corrected chi connectivity index (χ2v) is 11.5. The number of amides is 5. The van der Waals surface area contributed by atoms with Crippen LogP contribution >= 0.6 is 0 Å². The van der Waals surface area contributed by atoms with Gasteiger partial charge in [-0.1, -0.05) is 60.7 Å². The van der Waals surface area contributed by atoms with Crippen LogP contribution in [-0.2, 0) is 17.8 Å². The smallest absolute Gasteiger partial charge is 0.318 e. The highest BCUT2D eigenvalue weighted by molar-refractivity contribution is 6.00. The van der Waals surface area contributed by atoms with Crippen LogP contribution < -0.4 is 31.5 Å². The monoisotopic (exact) mass is 586 g/mol. The number of hydrogen-bond acceptors (Lipinski definition) is 5. The van der Waals surface area contributed by atoms with Crippen molar-refractivity contribution < 1.29 is 19.5 Å². The maximum absolute atomic E-state index is 13.9. The van der Waals surface area contributed by atoms with Crippen molar-refractivity contribution in [2.75, 3.05) is 30.4 Å². The number of aliphatic hydroxyl groups excluding tert-OH is 1. The lowest BCUT2D eigenvalue weighted by molar-refractivity contribution is -0.120. The first-order chi connectivity index (χ1) is 20.6. The second-order valence-electron chi connectivity index (χ2n) is 11.5. The van der Waals surface area contributed by atoms with E-state index in [4.69, 9.17) is 0 Å². The van der Waals surface area contributed by atoms with E-state index in [9.17, 15) is 19.5 Å². The molecular formula is C33H42N6O4. The molecular weight excluding hydrogens is 544 g/mol. The van der Waals surface area contributed by atoms with Gasteiger partial charge in [-0.05, 0) is 62.4 Å². The predicted molar refractivity (Wildman–Crippen MR) is 170 cm³/mol. The summed E-state index contributed by atoms with van der Waals surface area (Å²) in [6, 6.07) is 21.9. The Morgan fingerprint density at radius 3 is 2.42 bits per heavy atom. The molecule has 0 aliphatic carbocycles. The van der Waals surface area contributed by atoms with Crippen molar-refractivity contribution in [1.82, 2.24) is 21.3 Å². The van der Waals surface area contributed by atoms with Gasteiger partial charge >= 0.3 is 12.1 Å². The number of rotatable bonds is 10. The molecule has 0 aromatic heterocycles. The summed E-state index contributed by atoms with van der Waals surface area (Å²) in [6.45, 7) is 6.64. The fourth-order valence-electron chi connectivity index (χ4n) is 5.01. The molecule has 5 amide bonds. The summed E-state index contributed by atoms with van der Waals surface area (Å²) < 4.78 is 0. The molecule has 1 heterocycles. The van der Waals surface area contributed by atoms with E-state index in [0.717, 1.165) is 27.9 Å². The van der Waals surface area contributed by atoms with Crippen molar-refractivity contribution in [3.63, 3.8) is 0 Å². The lowest BCUT2D eigenvalue weighted by atomic mass is 10.0. The largest absolute Gasteiger partial charge is 0.392 e. The van der Waals surface area contributed by atoms with Gasteiger partial charge < -0.3 is 36.6 Å². The molecule has 10 heteroatoms. The van der Waals surface area contributed by atoms with E-state index >= 15 is 0 Å². The van der Waals surface area contributed by atoms with Gasteiger partial charge in [0.2, 0.25) is 5.91 Å². The van der Waals surface area contributed by atoms with Crippen LogP contribution in [0.2, 0.25) is 0 Å². The van der Waals surface area contributed by atoms with E-state index in [0.29, 0.717) is 38.2 Å². The lowest BCUT2D eigenvalue weighted by Gasteiger charge is -2.29. The third-order valence-corrected chi connectivity index (χ3v) is 7.43. The number of fused-ring (bicyclic) bond motifs is 1. The summed E-state index contributed by atoms with van der Waals surface area (Å²) in [5.74, 6) is -0.171. The minimum Gasteiger partial charge on any atom is -0.392 e. The Balaban J connectivity index is 1.49. The number of nitrogens with one attached hydrogen (secondary N) is 5. The zero-order chi connectivity index (χ0) is 31.0. The molecule has 0 unspecified atom stereocenters. The minimum atomic E-state index is -0.692. The van der Waals surface area contributed by atoms with Crippen LogP contribution in [0.4, 0.5) is 21.0 Å². The first kappa shape index (κ1) is 31.5. The standard InChI is InChI=1S/C33H42N6O4/c1-22(40)19-36-33(2,3)21-35-32(43)38-28-18-17-25-9-5-8-12-29(25)39(30(28)41)20-23-13-15-24(16-14-23)26-10-6-7-11-27(26)37-31(42)34-4/h5-16,22,28,36,40H,17-21H2,1-4H3,(H2,34,37,42)(H2,35,38,43)/t22-,28-/m1/s1. The van der Waals surface area contributed by atoms with Crippen LogP contribution in [0.3, 0.4) is 0 Å². The number of aryl methyl sites for hydroxylation is 1. The lowest BCUT2D eigenvalue weighted by Crippen LogP contribution is -2.55. The van der Waals surface area contributed by atoms with Gasteiger partial charge in [-0.2, -0.15) is 0 Å². The maximum Gasteiger partial charge on any atom is 0.318 e. The van der Waals surface area contributed by atoms with Gasteiger partial charge in [-0.25, -0.2) is 9.59 Å². The average Bonchev–Trinajstić information content (AvgIpc) is 3.12. The number of benzene rings is 3. The highest BCUT2D eigenvalue weighted by atomic mass is 16.3. The van der Waals surface area contributed by atoms with Gasteiger partial charge in [0, 0.05) is 36.9 Å². The molecule has 6 N–H and O–H groups in total. The first-order valence-corrected chi connectivity index (χ1v) is 14.6. The van der Waals surface area contributed by atoms with Crippen molar-refractivity contribution in [2.24, 2.45) is 0 Å². The van der Waals surface area contributed by atoms with Crippen molar-refractivity contribution in [3.05, 3.63) is 83.9 Å². The summed E-state index contributed by atoms with van der Waals surface area (Å²) in [5, 5.41) is 24.0. The van der Waals surface area contributed by atoms with E-state index in [1.807, 2.05) is 86.6 Å². The number of carbonyl (C=O) groups is 3. The van der Waals surface area contributed by atoms with Gasteiger partial charge in [-0.15, -0.1) is 0 Å². The number of nitrogens with zero attached hydrogens (tertiary/aromatic N) is 1. The Hall–Kier alpha value is -4.41. The van der Waals surface area contributed by atoms with Gasteiger partial charge in [0.15, 0.2) is 0 Å². The van der Waals surface area contributed by atoms with E-state index in [1.54, 1.807) is 18.9 Å². The molecule has 2 atom stereocenters. The Morgan fingerprint density at radius 1 is 1.00 bits per heavy atom. The fourth-order valence-corrected chi connectivity index (χ4v) is 5.01. The number of β-amino-alcohol motifs (C(OH)–C–C–N with tert-alkyl or cyclic N) is 1. The van der Waals surface area contributed by atoms with E-state index in [2.05, 4.69) is 26.6 Å². The summed E-state index contributed by atoms with van der Waals surface area (Å²) >= 11 is 0. The minimum absolute atomic E-state index is 0.171. The maximum atomic E-state index is 13.9. The topological polar surface area (TPSA) is 135 Å². The van der Waals surface area contributed by atoms with Crippen LogP contribution in [0.5, 0.6) is 0 Å². The average molecular weight is 587 g/mol. The molecule has 0 saturated carbocycles. The molecule has 10 nitrogen and oxygen atoms in total. The molecule has 0 radical (unpaired) electrons. The Labute approximate surface area is 253 Å². The van der Waals surface area contributed by atoms with E-state index in [-0.39, 0.29) is 11.9 Å². The van der Waals surface area contributed by atoms with E-state index < -0.39 is 23.7 Å². The number of para-hydroxylation sites is 2. The van der Waals surface area contributed by atoms with Crippen LogP contribution in [0.15, 0.2) is 72.8 Å². The number of hydrogen-bond donors (Lipinski definition) is 6. The summed E-state index contributed by atoms with van der Waals surface area (Å²) in [5.41, 5.74) is 4.89. The number of aliphatic hydroxyl groups is 1. The Kier molecular flexibility index (Phi) is 10.4. The highest BCUT2D eigenvalue weighted by Crippen LogP contribution is 2.31. The van der Waals surface area contributed by atoms with Crippen LogP contribution in [0.25, 0.3) is 11.1 Å². The molecule has 0 bridgehead atoms. The van der Waals surface area contributed by atoms with Gasteiger partial charge in [-0.3, -0.25) is 4.79 Å². The van der Waals surface area contributed by atoms with E-state index in [1.165, 1.54) is 0 Å². The Morgan fingerprint density at radius 2 is 1.70 bits per heavy atom. The normalized spacial score (nSPS) is 15.6. The third-order valence-electron chi connectivity index (χ3n) is 7.43. The molecule has 0 spiro atoms. The number of anilines is 2. The molecule has 0 saturated heterocycles. The highest BCUT2D eigenvalue weighted by Gasteiger charge is 2.32. The predicted octanol–water partition coefficient (Wildman–Crippen LogP) is 4.00. The molecule has 1 aliphatic rings. The van der Waals surface area contributed by atoms with Gasteiger partial charge in [0.1, 0.15) is 6.04 Å². The third kappa shape index (κ3) is 8.56. The molecule has 3 aromatic carbocycles. The van der Waals surface area contributed by atoms with Crippen LogP contribution in [-0.4, -0.2) is 60.9 Å². The summed E-state index contributed by atoms with van der Waals surface area (Å²) in [7, 11) is 1.57. The quantitative estimate of drug-likeness (QED) is 0.214. The molecule has 43 heavy (non-hydrogen) atoms. The van der Waals surface area contributed by atoms with Gasteiger partial charge in [0.25, 0.3) is 0 Å².